The number of nitrogen functional groups attached to an aromatic ring is 1. The van der Waals surface area contributed by atoms with E-state index in [0.717, 1.165) is 12.6 Å². The average Bonchev–Trinajstić information content (AvgIpc) is 2.34. The molecule has 3 N–H and O–H groups in total. The van der Waals surface area contributed by atoms with E-state index >= 15 is 0 Å². The molecule has 0 unspecified atom stereocenters. The minimum atomic E-state index is -3.84. The number of nitrogens with one attached hydrogen (secondary N) is 1. The van der Waals surface area contributed by atoms with Crippen molar-refractivity contribution in [3.05, 3.63) is 28.3 Å². The maximum Gasteiger partial charge on any atom is 0.270 e. The maximum atomic E-state index is 12.0. The Bertz CT molecular complexity index is 592. The van der Waals surface area contributed by atoms with Crippen molar-refractivity contribution in [3.8, 4) is 0 Å². The third kappa shape index (κ3) is 5.84. The van der Waals surface area contributed by atoms with Gasteiger partial charge < -0.3 is 10.6 Å². The molecule has 0 amide bonds. The van der Waals surface area contributed by atoms with Crippen LogP contribution in [-0.2, 0) is 10.0 Å². The van der Waals surface area contributed by atoms with E-state index in [1.54, 1.807) is 0 Å². The van der Waals surface area contributed by atoms with Crippen molar-refractivity contribution >= 4 is 33.8 Å². The number of non-ortho nitro benzene ring substituents is 1. The number of halogens is 1. The summed E-state index contributed by atoms with van der Waals surface area (Å²) in [5.41, 5.74) is 5.25. The molecule has 120 valence electrons. The van der Waals surface area contributed by atoms with E-state index in [-0.39, 0.29) is 35.2 Å². The van der Waals surface area contributed by atoms with Crippen molar-refractivity contribution in [2.45, 2.75) is 11.3 Å². The van der Waals surface area contributed by atoms with Gasteiger partial charge in [0.15, 0.2) is 0 Å². The maximum absolute atomic E-state index is 12.0. The molecule has 0 saturated carbocycles. The Morgan fingerprint density at radius 3 is 2.52 bits per heavy atom. The Morgan fingerprint density at radius 1 is 1.38 bits per heavy atom. The quantitative estimate of drug-likeness (QED) is 0.329. The molecule has 1 aromatic rings. The van der Waals surface area contributed by atoms with Crippen molar-refractivity contribution in [1.82, 2.24) is 9.62 Å². The number of hydrogen-bond acceptors (Lipinski definition) is 6. The molecule has 0 saturated heterocycles. The number of nitrogens with two attached hydrogens (primary N) is 1. The molecule has 21 heavy (non-hydrogen) atoms. The lowest BCUT2D eigenvalue weighted by Gasteiger charge is -2.11. The van der Waals surface area contributed by atoms with Crippen LogP contribution in [0.1, 0.15) is 6.42 Å². The fourth-order valence-electron chi connectivity index (χ4n) is 1.55. The van der Waals surface area contributed by atoms with Crippen LogP contribution in [0.15, 0.2) is 23.1 Å². The van der Waals surface area contributed by atoms with E-state index < -0.39 is 14.9 Å². The minimum Gasteiger partial charge on any atom is -0.398 e. The van der Waals surface area contributed by atoms with Gasteiger partial charge in [0.25, 0.3) is 5.69 Å². The van der Waals surface area contributed by atoms with Crippen molar-refractivity contribution < 1.29 is 13.3 Å². The second-order valence-corrected chi connectivity index (χ2v) is 6.27. The van der Waals surface area contributed by atoms with Gasteiger partial charge >= 0.3 is 0 Å². The normalized spacial score (nSPS) is 11.2. The summed E-state index contributed by atoms with van der Waals surface area (Å²) in [6.07, 6.45) is 0.626. The largest absolute Gasteiger partial charge is 0.398 e. The number of nitro groups is 1. The second-order valence-electron chi connectivity index (χ2n) is 4.53. The zero-order chi connectivity index (χ0) is 15.3. The molecule has 0 atom stereocenters. The molecule has 0 radical (unpaired) electrons. The first-order valence-corrected chi connectivity index (χ1v) is 7.40. The monoisotopic (exact) mass is 338 g/mol. The molecule has 0 heterocycles. The van der Waals surface area contributed by atoms with Crippen molar-refractivity contribution in [2.75, 3.05) is 32.9 Å². The van der Waals surface area contributed by atoms with Crippen molar-refractivity contribution in [1.29, 1.82) is 0 Å². The molecular weight excluding hydrogens is 320 g/mol. The van der Waals surface area contributed by atoms with Gasteiger partial charge in [-0.1, -0.05) is 0 Å². The predicted octanol–water partition coefficient (Wildman–Crippen LogP) is 0.829. The van der Waals surface area contributed by atoms with Gasteiger partial charge in [-0.05, 0) is 33.1 Å². The van der Waals surface area contributed by atoms with Crippen LogP contribution in [0.4, 0.5) is 11.4 Å². The fraction of sp³-hybridized carbons (Fsp3) is 0.455. The van der Waals surface area contributed by atoms with Gasteiger partial charge in [0, 0.05) is 18.7 Å². The molecule has 0 spiro atoms. The summed E-state index contributed by atoms with van der Waals surface area (Å²) in [7, 11) is -0.0789. The molecule has 0 aliphatic heterocycles. The van der Waals surface area contributed by atoms with Gasteiger partial charge in [0.05, 0.1) is 10.6 Å². The molecule has 0 bridgehead atoms. The summed E-state index contributed by atoms with van der Waals surface area (Å²) in [4.78, 5) is 11.7. The summed E-state index contributed by atoms with van der Waals surface area (Å²) in [5, 5.41) is 10.7. The third-order valence-electron chi connectivity index (χ3n) is 2.57. The first-order chi connectivity index (χ1) is 9.24. The van der Waals surface area contributed by atoms with Gasteiger partial charge in [-0.25, -0.2) is 13.1 Å². The van der Waals surface area contributed by atoms with Gasteiger partial charge in [0.1, 0.15) is 4.90 Å². The van der Waals surface area contributed by atoms with Crippen LogP contribution in [0.3, 0.4) is 0 Å². The minimum absolute atomic E-state index is 0. The Kier molecular flexibility index (Phi) is 7.58. The number of rotatable bonds is 7. The van der Waals surface area contributed by atoms with Crippen molar-refractivity contribution in [3.63, 3.8) is 0 Å². The number of nitro benzene ring substituents is 1. The van der Waals surface area contributed by atoms with E-state index in [2.05, 4.69) is 4.72 Å². The molecular formula is C11H19ClN4O4S. The average molecular weight is 339 g/mol. The Morgan fingerprint density at radius 2 is 2.00 bits per heavy atom. The molecule has 0 aromatic heterocycles. The van der Waals surface area contributed by atoms with Gasteiger partial charge in [0.2, 0.25) is 10.0 Å². The first kappa shape index (κ1) is 19.6. The van der Waals surface area contributed by atoms with E-state index in [1.807, 2.05) is 19.0 Å². The highest BCUT2D eigenvalue weighted by atomic mass is 35.5. The zero-order valence-electron chi connectivity index (χ0n) is 11.8. The number of nitrogens with zero attached hydrogens (tertiary/aromatic N) is 2. The van der Waals surface area contributed by atoms with E-state index in [1.165, 1.54) is 12.1 Å². The van der Waals surface area contributed by atoms with E-state index in [9.17, 15) is 18.5 Å². The zero-order valence-corrected chi connectivity index (χ0v) is 13.4. The Balaban J connectivity index is 0.00000400. The molecule has 1 aromatic carbocycles. The molecule has 8 nitrogen and oxygen atoms in total. The van der Waals surface area contributed by atoms with Crippen LogP contribution in [0, 0.1) is 10.1 Å². The summed E-state index contributed by atoms with van der Waals surface area (Å²) < 4.78 is 26.5. The van der Waals surface area contributed by atoms with Crippen LogP contribution in [0.2, 0.25) is 0 Å². The smallest absolute Gasteiger partial charge is 0.270 e. The summed E-state index contributed by atoms with van der Waals surface area (Å²) in [6, 6.07) is 3.34. The van der Waals surface area contributed by atoms with Crippen molar-refractivity contribution in [2.24, 2.45) is 0 Å². The summed E-state index contributed by atoms with van der Waals surface area (Å²) >= 11 is 0. The number of hydrogen-bond donors (Lipinski definition) is 2. The highest BCUT2D eigenvalue weighted by Crippen LogP contribution is 2.23. The van der Waals surface area contributed by atoms with Crippen LogP contribution >= 0.6 is 12.4 Å². The second kappa shape index (κ2) is 8.13. The molecule has 10 heteroatoms. The lowest BCUT2D eigenvalue weighted by molar-refractivity contribution is -0.385. The van der Waals surface area contributed by atoms with Crippen LogP contribution in [-0.4, -0.2) is 45.4 Å². The lowest BCUT2D eigenvalue weighted by atomic mass is 10.3. The van der Waals surface area contributed by atoms with E-state index in [0.29, 0.717) is 6.42 Å². The van der Waals surface area contributed by atoms with Crippen LogP contribution < -0.4 is 10.5 Å². The van der Waals surface area contributed by atoms with Crippen LogP contribution in [0.5, 0.6) is 0 Å². The van der Waals surface area contributed by atoms with Crippen LogP contribution in [0.25, 0.3) is 0 Å². The standard InChI is InChI=1S/C11H18N4O4S.ClH/c1-14(2)7-3-6-13-20(18,19)11-8-9(15(16)17)4-5-10(11)12;/h4-5,8,13H,3,6-7,12H2,1-2H3;1H. The topological polar surface area (TPSA) is 119 Å². The van der Waals surface area contributed by atoms with Gasteiger partial charge in [-0.2, -0.15) is 0 Å². The molecule has 0 aliphatic carbocycles. The number of anilines is 1. The lowest BCUT2D eigenvalue weighted by Crippen LogP contribution is -2.28. The third-order valence-corrected chi connectivity index (χ3v) is 4.09. The predicted molar refractivity (Wildman–Crippen MR) is 83.1 cm³/mol. The number of benzene rings is 1. The van der Waals surface area contributed by atoms with Gasteiger partial charge in [-0.15, -0.1) is 12.4 Å². The van der Waals surface area contributed by atoms with E-state index in [4.69, 9.17) is 5.73 Å². The molecule has 1 rings (SSSR count). The highest BCUT2D eigenvalue weighted by molar-refractivity contribution is 7.89. The Labute approximate surface area is 129 Å². The molecule has 0 aliphatic rings. The van der Waals surface area contributed by atoms with Gasteiger partial charge in [-0.3, -0.25) is 10.1 Å². The summed E-state index contributed by atoms with van der Waals surface area (Å²) in [6.45, 7) is 0.968. The number of sulfonamides is 1. The fourth-order valence-corrected chi connectivity index (χ4v) is 2.77. The molecule has 0 fully saturated rings. The highest BCUT2D eigenvalue weighted by Gasteiger charge is 2.20. The SMILES string of the molecule is CN(C)CCCNS(=O)(=O)c1cc([N+](=O)[O-])ccc1N.Cl. The summed E-state index contributed by atoms with van der Waals surface area (Å²) in [5.74, 6) is 0. The first-order valence-electron chi connectivity index (χ1n) is 5.92. The Hall–Kier alpha value is -1.42.